The second kappa shape index (κ2) is 6.53. The fraction of sp³-hybridized carbons (Fsp3) is 0.294. The number of halogens is 1. The van der Waals surface area contributed by atoms with Gasteiger partial charge in [-0.05, 0) is 42.7 Å². The predicted molar refractivity (Wildman–Crippen MR) is 80.4 cm³/mol. The lowest BCUT2D eigenvalue weighted by Crippen LogP contribution is -2.21. The van der Waals surface area contributed by atoms with E-state index in [9.17, 15) is 9.50 Å². The number of aryl methyl sites for hydroxylation is 1. The number of rotatable bonds is 5. The smallest absolute Gasteiger partial charge is 0.123 e. The van der Waals surface area contributed by atoms with Crippen molar-refractivity contribution >= 4 is 5.69 Å². The number of hydrogen-bond acceptors (Lipinski definition) is 2. The van der Waals surface area contributed by atoms with Crippen molar-refractivity contribution in [1.29, 1.82) is 0 Å². The molecule has 0 saturated heterocycles. The van der Waals surface area contributed by atoms with E-state index < -0.39 is 6.10 Å². The molecule has 1 atom stereocenters. The fourth-order valence-corrected chi connectivity index (χ4v) is 2.28. The van der Waals surface area contributed by atoms with Gasteiger partial charge >= 0.3 is 0 Å². The molecule has 0 radical (unpaired) electrons. The van der Waals surface area contributed by atoms with Gasteiger partial charge in [-0.1, -0.05) is 30.3 Å². The van der Waals surface area contributed by atoms with Crippen molar-refractivity contribution in [2.45, 2.75) is 19.4 Å². The van der Waals surface area contributed by atoms with Gasteiger partial charge in [0, 0.05) is 19.3 Å². The van der Waals surface area contributed by atoms with Crippen LogP contribution in [0.25, 0.3) is 0 Å². The molecule has 0 aliphatic heterocycles. The maximum absolute atomic E-state index is 12.8. The normalized spacial score (nSPS) is 12.2. The molecule has 1 N–H and O–H groups in total. The zero-order valence-electron chi connectivity index (χ0n) is 11.9. The Morgan fingerprint density at radius 1 is 1.10 bits per heavy atom. The Hall–Kier alpha value is -1.87. The summed E-state index contributed by atoms with van der Waals surface area (Å²) in [5, 5.41) is 10.1. The monoisotopic (exact) mass is 273 g/mol. The molecule has 2 aromatic rings. The Morgan fingerprint density at radius 3 is 2.40 bits per heavy atom. The van der Waals surface area contributed by atoms with Gasteiger partial charge in [-0.15, -0.1) is 0 Å². The molecule has 3 heteroatoms. The standard InChI is InChI=1S/C17H20FNO/c1-13-5-3-4-6-16(13)19(2)12-11-17(20)14-7-9-15(18)10-8-14/h3-10,17,20H,11-12H2,1-2H3. The van der Waals surface area contributed by atoms with E-state index in [1.165, 1.54) is 23.4 Å². The summed E-state index contributed by atoms with van der Waals surface area (Å²) >= 11 is 0. The van der Waals surface area contributed by atoms with Crippen molar-refractivity contribution in [3.05, 3.63) is 65.5 Å². The number of benzene rings is 2. The van der Waals surface area contributed by atoms with E-state index in [-0.39, 0.29) is 5.82 Å². The van der Waals surface area contributed by atoms with Gasteiger partial charge in [-0.2, -0.15) is 0 Å². The molecule has 2 nitrogen and oxygen atoms in total. The lowest BCUT2D eigenvalue weighted by atomic mass is 10.1. The summed E-state index contributed by atoms with van der Waals surface area (Å²) in [7, 11) is 2.01. The second-order valence-electron chi connectivity index (χ2n) is 5.06. The molecular formula is C17H20FNO. The van der Waals surface area contributed by atoms with Crippen LogP contribution in [-0.4, -0.2) is 18.7 Å². The van der Waals surface area contributed by atoms with Crippen LogP contribution in [-0.2, 0) is 0 Å². The van der Waals surface area contributed by atoms with Crippen LogP contribution in [0.2, 0.25) is 0 Å². The largest absolute Gasteiger partial charge is 0.388 e. The number of aliphatic hydroxyl groups excluding tert-OH is 1. The second-order valence-corrected chi connectivity index (χ2v) is 5.06. The van der Waals surface area contributed by atoms with Gasteiger partial charge in [-0.3, -0.25) is 0 Å². The molecule has 0 aromatic heterocycles. The summed E-state index contributed by atoms with van der Waals surface area (Å²) in [6.07, 6.45) is 0.0401. The van der Waals surface area contributed by atoms with E-state index in [1.807, 2.05) is 19.2 Å². The summed E-state index contributed by atoms with van der Waals surface area (Å²) in [6.45, 7) is 2.81. The van der Waals surface area contributed by atoms with E-state index >= 15 is 0 Å². The molecule has 0 aliphatic carbocycles. The average Bonchev–Trinajstić information content (AvgIpc) is 2.45. The molecular weight excluding hydrogens is 253 g/mol. The molecule has 0 saturated carbocycles. The zero-order chi connectivity index (χ0) is 14.5. The van der Waals surface area contributed by atoms with Crippen molar-refractivity contribution in [3.8, 4) is 0 Å². The summed E-state index contributed by atoms with van der Waals surface area (Å²) in [6, 6.07) is 14.2. The first kappa shape index (κ1) is 14.5. The Balaban J connectivity index is 1.95. The van der Waals surface area contributed by atoms with Crippen LogP contribution < -0.4 is 4.90 Å². The molecule has 1 unspecified atom stereocenters. The van der Waals surface area contributed by atoms with Gasteiger partial charge in [0.1, 0.15) is 5.82 Å². The van der Waals surface area contributed by atoms with E-state index in [4.69, 9.17) is 0 Å². The third kappa shape index (κ3) is 3.58. The van der Waals surface area contributed by atoms with Gasteiger partial charge in [0.25, 0.3) is 0 Å². The molecule has 20 heavy (non-hydrogen) atoms. The highest BCUT2D eigenvalue weighted by Gasteiger charge is 2.10. The molecule has 2 rings (SSSR count). The maximum atomic E-state index is 12.8. The highest BCUT2D eigenvalue weighted by atomic mass is 19.1. The van der Waals surface area contributed by atoms with Crippen LogP contribution in [0.1, 0.15) is 23.7 Å². The first-order valence-electron chi connectivity index (χ1n) is 6.78. The molecule has 0 aliphatic rings. The van der Waals surface area contributed by atoms with Crippen LogP contribution in [0.4, 0.5) is 10.1 Å². The quantitative estimate of drug-likeness (QED) is 0.898. The van der Waals surface area contributed by atoms with E-state index in [0.717, 1.165) is 12.1 Å². The highest BCUT2D eigenvalue weighted by Crippen LogP contribution is 2.21. The molecule has 106 valence electrons. The third-order valence-corrected chi connectivity index (χ3v) is 3.52. The Labute approximate surface area is 119 Å². The minimum atomic E-state index is -0.568. The molecule has 2 aromatic carbocycles. The van der Waals surface area contributed by atoms with Crippen molar-refractivity contribution in [3.63, 3.8) is 0 Å². The van der Waals surface area contributed by atoms with Crippen LogP contribution in [0, 0.1) is 12.7 Å². The summed E-state index contributed by atoms with van der Waals surface area (Å²) in [5.41, 5.74) is 3.13. The minimum absolute atomic E-state index is 0.280. The van der Waals surface area contributed by atoms with E-state index in [2.05, 4.69) is 24.0 Å². The first-order valence-corrected chi connectivity index (χ1v) is 6.78. The van der Waals surface area contributed by atoms with Crippen molar-refractivity contribution in [2.24, 2.45) is 0 Å². The minimum Gasteiger partial charge on any atom is -0.388 e. The molecule has 0 heterocycles. The lowest BCUT2D eigenvalue weighted by Gasteiger charge is -2.23. The molecule has 0 bridgehead atoms. The Morgan fingerprint density at radius 2 is 1.75 bits per heavy atom. The van der Waals surface area contributed by atoms with Gasteiger partial charge in [0.15, 0.2) is 0 Å². The van der Waals surface area contributed by atoms with Crippen LogP contribution >= 0.6 is 0 Å². The third-order valence-electron chi connectivity index (χ3n) is 3.52. The topological polar surface area (TPSA) is 23.5 Å². The molecule has 0 spiro atoms. The van der Waals surface area contributed by atoms with E-state index in [0.29, 0.717) is 6.42 Å². The fourth-order valence-electron chi connectivity index (χ4n) is 2.28. The highest BCUT2D eigenvalue weighted by molar-refractivity contribution is 5.52. The van der Waals surface area contributed by atoms with Gasteiger partial charge in [-0.25, -0.2) is 4.39 Å². The predicted octanol–water partition coefficient (Wildman–Crippen LogP) is 3.69. The summed E-state index contributed by atoms with van der Waals surface area (Å²) in [5.74, 6) is -0.280. The lowest BCUT2D eigenvalue weighted by molar-refractivity contribution is 0.169. The zero-order valence-corrected chi connectivity index (χ0v) is 11.9. The van der Waals surface area contributed by atoms with Gasteiger partial charge in [0.2, 0.25) is 0 Å². The van der Waals surface area contributed by atoms with Crippen LogP contribution in [0.3, 0.4) is 0 Å². The van der Waals surface area contributed by atoms with Crippen LogP contribution in [0.15, 0.2) is 48.5 Å². The van der Waals surface area contributed by atoms with E-state index in [1.54, 1.807) is 12.1 Å². The SMILES string of the molecule is Cc1ccccc1N(C)CCC(O)c1ccc(F)cc1. The number of anilines is 1. The van der Waals surface area contributed by atoms with Gasteiger partial charge in [0.05, 0.1) is 6.10 Å². The van der Waals surface area contributed by atoms with Crippen LogP contribution in [0.5, 0.6) is 0 Å². The number of hydrogen-bond donors (Lipinski definition) is 1. The summed E-state index contributed by atoms with van der Waals surface area (Å²) in [4.78, 5) is 2.13. The number of nitrogens with zero attached hydrogens (tertiary/aromatic N) is 1. The first-order chi connectivity index (χ1) is 9.58. The van der Waals surface area contributed by atoms with Gasteiger partial charge < -0.3 is 10.0 Å². The number of para-hydroxylation sites is 1. The Kier molecular flexibility index (Phi) is 4.74. The average molecular weight is 273 g/mol. The summed E-state index contributed by atoms with van der Waals surface area (Å²) < 4.78 is 12.8. The van der Waals surface area contributed by atoms with Crippen molar-refractivity contribution < 1.29 is 9.50 Å². The molecule has 0 amide bonds. The maximum Gasteiger partial charge on any atom is 0.123 e. The Bertz CT molecular complexity index is 553. The van der Waals surface area contributed by atoms with Crippen molar-refractivity contribution in [2.75, 3.05) is 18.5 Å². The number of aliphatic hydroxyl groups is 1. The molecule has 0 fully saturated rings. The van der Waals surface area contributed by atoms with Crippen molar-refractivity contribution in [1.82, 2.24) is 0 Å².